The molecule has 0 aromatic heterocycles. The molecule has 0 spiro atoms. The standard InChI is InChI=1S/C12H15ClN2O2S/c1-12(5-2-6-18-12)8-14-11-4-3-9(15(16)17)7-10(11)13/h3-4,7,14H,2,5-6,8H2,1H3. The van der Waals surface area contributed by atoms with Crippen LogP contribution < -0.4 is 5.32 Å². The van der Waals surface area contributed by atoms with Crippen LogP contribution in [0.3, 0.4) is 0 Å². The lowest BCUT2D eigenvalue weighted by Crippen LogP contribution is -2.27. The normalized spacial score (nSPS) is 23.0. The van der Waals surface area contributed by atoms with E-state index in [9.17, 15) is 10.1 Å². The van der Waals surface area contributed by atoms with E-state index in [1.54, 1.807) is 6.07 Å². The Labute approximate surface area is 115 Å². The highest BCUT2D eigenvalue weighted by molar-refractivity contribution is 8.00. The second-order valence-corrected chi connectivity index (χ2v) is 6.77. The van der Waals surface area contributed by atoms with Crippen molar-refractivity contribution in [3.05, 3.63) is 33.3 Å². The van der Waals surface area contributed by atoms with Crippen molar-refractivity contribution in [2.75, 3.05) is 17.6 Å². The first-order chi connectivity index (χ1) is 8.50. The summed E-state index contributed by atoms with van der Waals surface area (Å²) in [5.41, 5.74) is 0.781. The molecule has 0 aliphatic carbocycles. The minimum Gasteiger partial charge on any atom is -0.382 e. The van der Waals surface area contributed by atoms with E-state index in [4.69, 9.17) is 11.6 Å². The number of nitrogens with zero attached hydrogens (tertiary/aromatic N) is 1. The molecule has 1 saturated heterocycles. The summed E-state index contributed by atoms with van der Waals surface area (Å²) in [5, 5.41) is 14.3. The maximum atomic E-state index is 10.6. The Morgan fingerprint density at radius 3 is 2.94 bits per heavy atom. The van der Waals surface area contributed by atoms with Crippen LogP contribution in [0.25, 0.3) is 0 Å². The number of rotatable bonds is 4. The van der Waals surface area contributed by atoms with Crippen LogP contribution in [0.5, 0.6) is 0 Å². The van der Waals surface area contributed by atoms with E-state index in [1.807, 2.05) is 11.8 Å². The molecule has 1 N–H and O–H groups in total. The van der Waals surface area contributed by atoms with Gasteiger partial charge in [0.25, 0.3) is 5.69 Å². The van der Waals surface area contributed by atoms with Crippen LogP contribution in [0.2, 0.25) is 5.02 Å². The summed E-state index contributed by atoms with van der Waals surface area (Å²) in [4.78, 5) is 10.2. The van der Waals surface area contributed by atoms with Crippen molar-refractivity contribution in [3.8, 4) is 0 Å². The molecule has 0 saturated carbocycles. The Balaban J connectivity index is 2.03. The number of nitro groups is 1. The second kappa shape index (κ2) is 5.36. The van der Waals surface area contributed by atoms with Gasteiger partial charge in [0.15, 0.2) is 0 Å². The number of anilines is 1. The SMILES string of the molecule is CC1(CNc2ccc([N+](=O)[O-])cc2Cl)CCCS1. The zero-order valence-corrected chi connectivity index (χ0v) is 11.7. The van der Waals surface area contributed by atoms with Crippen LogP contribution in [0, 0.1) is 10.1 Å². The summed E-state index contributed by atoms with van der Waals surface area (Å²) < 4.78 is 0.241. The molecule has 1 aromatic rings. The number of hydrogen-bond donors (Lipinski definition) is 1. The molecule has 0 bridgehead atoms. The molecule has 18 heavy (non-hydrogen) atoms. The number of hydrogen-bond acceptors (Lipinski definition) is 4. The molecular weight excluding hydrogens is 272 g/mol. The van der Waals surface area contributed by atoms with Gasteiger partial charge in [-0.2, -0.15) is 11.8 Å². The molecule has 4 nitrogen and oxygen atoms in total. The zero-order chi connectivity index (χ0) is 13.2. The first-order valence-electron chi connectivity index (χ1n) is 5.82. The summed E-state index contributed by atoms with van der Waals surface area (Å²) >= 11 is 7.99. The van der Waals surface area contributed by atoms with Gasteiger partial charge in [-0.1, -0.05) is 11.6 Å². The molecule has 1 unspecified atom stereocenters. The molecule has 0 amide bonds. The topological polar surface area (TPSA) is 55.2 Å². The molecule has 1 aromatic carbocycles. The second-order valence-electron chi connectivity index (χ2n) is 4.68. The van der Waals surface area contributed by atoms with Gasteiger partial charge in [0.1, 0.15) is 0 Å². The third-order valence-corrected chi connectivity index (χ3v) is 4.97. The predicted octanol–water partition coefficient (Wildman–Crippen LogP) is 3.95. The van der Waals surface area contributed by atoms with Crippen molar-refractivity contribution in [1.29, 1.82) is 0 Å². The minimum atomic E-state index is -0.441. The number of nitro benzene ring substituents is 1. The number of nitrogens with one attached hydrogen (secondary N) is 1. The van der Waals surface area contributed by atoms with Crippen molar-refractivity contribution in [2.24, 2.45) is 0 Å². The van der Waals surface area contributed by atoms with E-state index in [1.165, 1.54) is 30.7 Å². The van der Waals surface area contributed by atoms with Crippen molar-refractivity contribution in [2.45, 2.75) is 24.5 Å². The van der Waals surface area contributed by atoms with E-state index in [-0.39, 0.29) is 10.4 Å². The summed E-state index contributed by atoms with van der Waals surface area (Å²) in [6.07, 6.45) is 2.44. The Hall–Kier alpha value is -0.940. The third-order valence-electron chi connectivity index (χ3n) is 3.12. The lowest BCUT2D eigenvalue weighted by Gasteiger charge is -2.23. The zero-order valence-electron chi connectivity index (χ0n) is 10.1. The van der Waals surface area contributed by atoms with Gasteiger partial charge in [0.2, 0.25) is 0 Å². The first kappa shape index (κ1) is 13.5. The van der Waals surface area contributed by atoms with Crippen LogP contribution in [-0.4, -0.2) is 22.0 Å². The minimum absolute atomic E-state index is 0.0204. The first-order valence-corrected chi connectivity index (χ1v) is 7.18. The van der Waals surface area contributed by atoms with Crippen LogP contribution in [0.1, 0.15) is 19.8 Å². The molecule has 1 heterocycles. The maximum absolute atomic E-state index is 10.6. The highest BCUT2D eigenvalue weighted by Gasteiger charge is 2.29. The van der Waals surface area contributed by atoms with E-state index >= 15 is 0 Å². The molecule has 98 valence electrons. The van der Waals surface area contributed by atoms with E-state index in [2.05, 4.69) is 12.2 Å². The lowest BCUT2D eigenvalue weighted by atomic mass is 10.1. The van der Waals surface area contributed by atoms with Crippen LogP contribution in [-0.2, 0) is 0 Å². The summed E-state index contributed by atoms with van der Waals surface area (Å²) in [5.74, 6) is 1.20. The molecule has 6 heteroatoms. The Morgan fingerprint density at radius 1 is 1.61 bits per heavy atom. The summed E-state index contributed by atoms with van der Waals surface area (Å²) in [6.45, 7) is 3.06. The van der Waals surface area contributed by atoms with Crippen LogP contribution >= 0.6 is 23.4 Å². The third kappa shape index (κ3) is 3.09. The van der Waals surface area contributed by atoms with E-state index in [0.717, 1.165) is 12.2 Å². The van der Waals surface area contributed by atoms with Crippen molar-refractivity contribution < 1.29 is 4.92 Å². The van der Waals surface area contributed by atoms with Gasteiger partial charge in [0, 0.05) is 23.4 Å². The molecule has 1 aliphatic rings. The highest BCUT2D eigenvalue weighted by atomic mass is 35.5. The fourth-order valence-corrected chi connectivity index (χ4v) is 3.51. The number of halogens is 1. The predicted molar refractivity (Wildman–Crippen MR) is 76.7 cm³/mol. The average Bonchev–Trinajstić information content (AvgIpc) is 2.75. The summed E-state index contributed by atoms with van der Waals surface area (Å²) in [6, 6.07) is 4.52. The number of thioether (sulfide) groups is 1. The van der Waals surface area contributed by atoms with E-state index < -0.39 is 4.92 Å². The number of benzene rings is 1. The molecule has 2 rings (SSSR count). The Kier molecular flexibility index (Phi) is 4.02. The summed E-state index contributed by atoms with van der Waals surface area (Å²) in [7, 11) is 0. The van der Waals surface area contributed by atoms with Crippen LogP contribution in [0.4, 0.5) is 11.4 Å². The van der Waals surface area contributed by atoms with Crippen molar-refractivity contribution >= 4 is 34.7 Å². The van der Waals surface area contributed by atoms with Crippen molar-refractivity contribution in [1.82, 2.24) is 0 Å². The average molecular weight is 287 g/mol. The largest absolute Gasteiger partial charge is 0.382 e. The van der Waals surface area contributed by atoms with Crippen LogP contribution in [0.15, 0.2) is 18.2 Å². The fourth-order valence-electron chi connectivity index (χ4n) is 2.02. The van der Waals surface area contributed by atoms with Gasteiger partial charge in [-0.05, 0) is 31.6 Å². The van der Waals surface area contributed by atoms with Gasteiger partial charge in [-0.25, -0.2) is 0 Å². The maximum Gasteiger partial charge on any atom is 0.271 e. The molecule has 0 radical (unpaired) electrons. The van der Waals surface area contributed by atoms with Gasteiger partial charge in [-0.15, -0.1) is 0 Å². The van der Waals surface area contributed by atoms with Gasteiger partial charge >= 0.3 is 0 Å². The quantitative estimate of drug-likeness (QED) is 0.673. The molecule has 1 fully saturated rings. The highest BCUT2D eigenvalue weighted by Crippen LogP contribution is 2.38. The van der Waals surface area contributed by atoms with E-state index in [0.29, 0.717) is 5.02 Å². The Morgan fingerprint density at radius 2 is 2.39 bits per heavy atom. The van der Waals surface area contributed by atoms with Gasteiger partial charge in [-0.3, -0.25) is 10.1 Å². The monoisotopic (exact) mass is 286 g/mol. The fraction of sp³-hybridized carbons (Fsp3) is 0.500. The number of non-ortho nitro benzene ring substituents is 1. The molecule has 1 atom stereocenters. The van der Waals surface area contributed by atoms with Gasteiger partial charge in [0.05, 0.1) is 15.6 Å². The lowest BCUT2D eigenvalue weighted by molar-refractivity contribution is -0.384. The molecule has 1 aliphatic heterocycles. The molecular formula is C12H15ClN2O2S. The van der Waals surface area contributed by atoms with Crippen molar-refractivity contribution in [3.63, 3.8) is 0 Å². The Bertz CT molecular complexity index is 461. The van der Waals surface area contributed by atoms with Gasteiger partial charge < -0.3 is 5.32 Å². The smallest absolute Gasteiger partial charge is 0.271 e.